The molecular weight excluding hydrogens is 233 g/mol. The van der Waals surface area contributed by atoms with Crippen molar-refractivity contribution in [1.29, 1.82) is 0 Å². The molecule has 0 saturated carbocycles. The lowest BCUT2D eigenvalue weighted by atomic mass is 10.5. The van der Waals surface area contributed by atoms with Crippen molar-refractivity contribution in [2.45, 2.75) is 5.03 Å². The zero-order valence-corrected chi connectivity index (χ0v) is 8.90. The molecule has 1 rings (SSSR count). The van der Waals surface area contributed by atoms with Crippen LogP contribution in [0.1, 0.15) is 0 Å². The van der Waals surface area contributed by atoms with Crippen molar-refractivity contribution in [3.8, 4) is 0 Å². The van der Waals surface area contributed by atoms with E-state index in [-0.39, 0.29) is 16.7 Å². The molecule has 0 atom stereocenters. The smallest absolute Gasteiger partial charge is 0.196 e. The zero-order chi connectivity index (χ0) is 9.90. The Labute approximate surface area is 86.6 Å². The van der Waals surface area contributed by atoms with Crippen LogP contribution in [0.15, 0.2) is 23.4 Å². The van der Waals surface area contributed by atoms with Crippen LogP contribution in [0.5, 0.6) is 0 Å². The number of alkyl halides is 1. The molecule has 0 bridgehead atoms. The van der Waals surface area contributed by atoms with Crippen LogP contribution in [-0.2, 0) is 9.84 Å². The highest BCUT2D eigenvalue weighted by molar-refractivity contribution is 7.91. The Bertz CT molecular complexity index is 374. The van der Waals surface area contributed by atoms with Crippen LogP contribution >= 0.6 is 23.2 Å². The van der Waals surface area contributed by atoms with Crippen LogP contribution in [0.4, 0.5) is 0 Å². The lowest BCUT2D eigenvalue weighted by molar-refractivity contribution is 0.594. The number of rotatable bonds is 3. The minimum Gasteiger partial charge on any atom is -0.243 e. The maximum absolute atomic E-state index is 11.4. The maximum atomic E-state index is 11.4. The van der Waals surface area contributed by atoms with E-state index in [1.807, 2.05) is 0 Å². The summed E-state index contributed by atoms with van der Waals surface area (Å²) in [5.74, 6) is -0.0458. The van der Waals surface area contributed by atoms with Crippen LogP contribution < -0.4 is 0 Å². The van der Waals surface area contributed by atoms with Gasteiger partial charge in [-0.25, -0.2) is 13.4 Å². The van der Waals surface area contributed by atoms with E-state index >= 15 is 0 Å². The van der Waals surface area contributed by atoms with E-state index in [1.165, 1.54) is 18.3 Å². The highest BCUT2D eigenvalue weighted by Gasteiger charge is 2.14. The van der Waals surface area contributed by atoms with E-state index in [1.54, 1.807) is 0 Å². The normalized spacial score (nSPS) is 11.5. The van der Waals surface area contributed by atoms with E-state index in [4.69, 9.17) is 23.2 Å². The van der Waals surface area contributed by atoms with Crippen molar-refractivity contribution < 1.29 is 8.42 Å². The van der Waals surface area contributed by atoms with Gasteiger partial charge in [0.15, 0.2) is 14.9 Å². The van der Waals surface area contributed by atoms with Crippen molar-refractivity contribution >= 4 is 33.0 Å². The predicted molar refractivity (Wildman–Crippen MR) is 52.0 cm³/mol. The van der Waals surface area contributed by atoms with Crippen LogP contribution in [-0.4, -0.2) is 25.0 Å². The molecule has 0 aromatic carbocycles. The van der Waals surface area contributed by atoms with Crippen molar-refractivity contribution in [3.05, 3.63) is 23.4 Å². The SMILES string of the molecule is O=S(=O)(CCCl)c1ccc(Cl)cn1. The Morgan fingerprint density at radius 3 is 2.54 bits per heavy atom. The Hall–Kier alpha value is -0.320. The Kier molecular flexibility index (Phi) is 3.53. The molecule has 13 heavy (non-hydrogen) atoms. The fourth-order valence-corrected chi connectivity index (χ4v) is 2.37. The lowest BCUT2D eigenvalue weighted by Gasteiger charge is -1.99. The lowest BCUT2D eigenvalue weighted by Crippen LogP contribution is -2.09. The van der Waals surface area contributed by atoms with Gasteiger partial charge >= 0.3 is 0 Å². The molecule has 0 aliphatic heterocycles. The highest BCUT2D eigenvalue weighted by Crippen LogP contribution is 2.11. The van der Waals surface area contributed by atoms with E-state index in [0.29, 0.717) is 5.02 Å². The van der Waals surface area contributed by atoms with Gasteiger partial charge in [-0.15, -0.1) is 11.6 Å². The van der Waals surface area contributed by atoms with Gasteiger partial charge in [0, 0.05) is 12.1 Å². The number of aromatic nitrogens is 1. The molecule has 0 unspecified atom stereocenters. The van der Waals surface area contributed by atoms with E-state index in [9.17, 15) is 8.42 Å². The average Bonchev–Trinajstić information content (AvgIpc) is 2.05. The number of halogens is 2. The molecule has 0 saturated heterocycles. The molecule has 1 aromatic heterocycles. The molecule has 72 valence electrons. The van der Waals surface area contributed by atoms with Gasteiger partial charge in [0.2, 0.25) is 0 Å². The van der Waals surface area contributed by atoms with Crippen LogP contribution in [0, 0.1) is 0 Å². The van der Waals surface area contributed by atoms with Crippen molar-refractivity contribution in [2.75, 3.05) is 11.6 Å². The van der Waals surface area contributed by atoms with E-state index in [0.717, 1.165) is 0 Å². The number of sulfone groups is 1. The van der Waals surface area contributed by atoms with Crippen molar-refractivity contribution in [3.63, 3.8) is 0 Å². The summed E-state index contributed by atoms with van der Waals surface area (Å²) in [6.07, 6.45) is 1.29. The third-order valence-corrected chi connectivity index (χ3v) is 3.62. The van der Waals surface area contributed by atoms with Gasteiger partial charge in [0.05, 0.1) is 10.8 Å². The summed E-state index contributed by atoms with van der Waals surface area (Å²) in [6.45, 7) is 0. The summed E-state index contributed by atoms with van der Waals surface area (Å²) < 4.78 is 22.7. The first-order valence-electron chi connectivity index (χ1n) is 3.46. The fourth-order valence-electron chi connectivity index (χ4n) is 0.752. The van der Waals surface area contributed by atoms with E-state index < -0.39 is 9.84 Å². The minimum atomic E-state index is -3.33. The summed E-state index contributed by atoms with van der Waals surface area (Å²) >= 11 is 10.9. The standard InChI is InChI=1S/C7H7Cl2NO2S/c8-3-4-13(11,12)7-2-1-6(9)5-10-7/h1-2,5H,3-4H2. The van der Waals surface area contributed by atoms with Gasteiger partial charge in [0.25, 0.3) is 0 Å². The van der Waals surface area contributed by atoms with Crippen LogP contribution in [0.3, 0.4) is 0 Å². The van der Waals surface area contributed by atoms with Gasteiger partial charge in [-0.1, -0.05) is 11.6 Å². The molecule has 0 spiro atoms. The van der Waals surface area contributed by atoms with Gasteiger partial charge in [-0.3, -0.25) is 0 Å². The second-order valence-electron chi connectivity index (χ2n) is 2.32. The first-order valence-corrected chi connectivity index (χ1v) is 6.03. The summed E-state index contributed by atoms with van der Waals surface area (Å²) in [5.41, 5.74) is 0. The summed E-state index contributed by atoms with van der Waals surface area (Å²) in [5, 5.41) is 0.419. The van der Waals surface area contributed by atoms with Gasteiger partial charge in [-0.05, 0) is 12.1 Å². The van der Waals surface area contributed by atoms with Crippen molar-refractivity contribution in [2.24, 2.45) is 0 Å². The molecule has 1 heterocycles. The minimum absolute atomic E-state index is 0.0116. The van der Waals surface area contributed by atoms with Crippen molar-refractivity contribution in [1.82, 2.24) is 4.98 Å². The number of hydrogen-bond donors (Lipinski definition) is 0. The Morgan fingerprint density at radius 2 is 2.08 bits per heavy atom. The number of nitrogens with zero attached hydrogens (tertiary/aromatic N) is 1. The maximum Gasteiger partial charge on any atom is 0.196 e. The molecule has 3 nitrogen and oxygen atoms in total. The second kappa shape index (κ2) is 4.26. The predicted octanol–water partition coefficient (Wildman–Crippen LogP) is 1.75. The summed E-state index contributed by atoms with van der Waals surface area (Å²) in [4.78, 5) is 3.69. The van der Waals surface area contributed by atoms with Gasteiger partial charge in [0.1, 0.15) is 0 Å². The molecule has 0 amide bonds. The monoisotopic (exact) mass is 239 g/mol. The third kappa shape index (κ3) is 2.83. The number of pyridine rings is 1. The fraction of sp³-hybridized carbons (Fsp3) is 0.286. The summed E-state index contributed by atoms with van der Waals surface area (Å²) in [6, 6.07) is 2.85. The molecule has 1 aromatic rings. The van der Waals surface area contributed by atoms with Crippen LogP contribution in [0.2, 0.25) is 5.02 Å². The molecular formula is C7H7Cl2NO2S. The quantitative estimate of drug-likeness (QED) is 0.756. The largest absolute Gasteiger partial charge is 0.243 e. The molecule has 0 N–H and O–H groups in total. The number of hydrogen-bond acceptors (Lipinski definition) is 3. The molecule has 0 fully saturated rings. The van der Waals surface area contributed by atoms with Gasteiger partial charge < -0.3 is 0 Å². The molecule has 6 heteroatoms. The Morgan fingerprint density at radius 1 is 1.38 bits per heavy atom. The molecule has 0 aliphatic rings. The van der Waals surface area contributed by atoms with E-state index in [2.05, 4.69) is 4.98 Å². The highest BCUT2D eigenvalue weighted by atomic mass is 35.5. The summed E-state index contributed by atoms with van der Waals surface area (Å²) in [7, 11) is -3.33. The third-order valence-electron chi connectivity index (χ3n) is 1.36. The first-order chi connectivity index (χ1) is 6.06. The topological polar surface area (TPSA) is 47.0 Å². The van der Waals surface area contributed by atoms with Gasteiger partial charge in [-0.2, -0.15) is 0 Å². The van der Waals surface area contributed by atoms with Crippen LogP contribution in [0.25, 0.3) is 0 Å². The second-order valence-corrected chi connectivity index (χ2v) is 5.19. The Balaban J connectivity index is 3.02. The molecule has 0 radical (unpaired) electrons. The average molecular weight is 240 g/mol. The first kappa shape index (κ1) is 10.8. The zero-order valence-electron chi connectivity index (χ0n) is 6.57. The molecule has 0 aliphatic carbocycles.